The maximum atomic E-state index is 13.3. The number of hydrogen-bond donors (Lipinski definition) is 1. The van der Waals surface area contributed by atoms with E-state index in [1.807, 2.05) is 50.5 Å². The minimum Gasteiger partial charge on any atom is -0.318 e. The Kier molecular flexibility index (Phi) is 6.14. The summed E-state index contributed by atoms with van der Waals surface area (Å²) in [6, 6.07) is 12.2. The zero-order chi connectivity index (χ0) is 25.7. The van der Waals surface area contributed by atoms with Crippen molar-refractivity contribution >= 4 is 40.9 Å². The van der Waals surface area contributed by atoms with E-state index in [1.54, 1.807) is 0 Å². The van der Waals surface area contributed by atoms with E-state index in [1.165, 1.54) is 18.2 Å². The molecule has 9 heteroatoms. The third-order valence-electron chi connectivity index (χ3n) is 5.90. The first-order valence-corrected chi connectivity index (χ1v) is 11.1. The summed E-state index contributed by atoms with van der Waals surface area (Å²) in [5.41, 5.74) is 4.28. The number of amides is 2. The van der Waals surface area contributed by atoms with Crippen molar-refractivity contribution in [2.45, 2.75) is 33.9 Å². The number of carbonyl (C=O) groups is 2. The van der Waals surface area contributed by atoms with Gasteiger partial charge < -0.3 is 4.57 Å². The molecule has 5 nitrogen and oxygen atoms in total. The average Bonchev–Trinajstić information content (AvgIpc) is 3.04. The molecule has 1 fully saturated rings. The number of halogens is 3. The summed E-state index contributed by atoms with van der Waals surface area (Å²) < 4.78 is 41.7. The SMILES string of the molecule is Cc1ccc(-n2c(C)cc(/C=C3\C(=O)NC(=S)N(c4cccc(C(F)(F)F)c4)C3=O)c2C)c(C)c1. The number of aryl methyl sites for hydroxylation is 3. The van der Waals surface area contributed by atoms with Gasteiger partial charge >= 0.3 is 6.18 Å². The highest BCUT2D eigenvalue weighted by Gasteiger charge is 2.37. The number of rotatable bonds is 3. The van der Waals surface area contributed by atoms with Crippen molar-refractivity contribution in [1.29, 1.82) is 0 Å². The molecule has 1 saturated heterocycles. The monoisotopic (exact) mass is 497 g/mol. The molecule has 0 unspecified atom stereocenters. The Morgan fingerprint density at radius 3 is 2.34 bits per heavy atom. The van der Waals surface area contributed by atoms with Gasteiger partial charge in [0.1, 0.15) is 5.57 Å². The molecular formula is C26H22F3N3O2S. The van der Waals surface area contributed by atoms with E-state index < -0.39 is 23.6 Å². The molecule has 2 heterocycles. The van der Waals surface area contributed by atoms with Crippen LogP contribution in [0.25, 0.3) is 11.8 Å². The average molecular weight is 498 g/mol. The minimum atomic E-state index is -4.59. The third-order valence-corrected chi connectivity index (χ3v) is 6.18. The van der Waals surface area contributed by atoms with Crippen molar-refractivity contribution in [3.8, 4) is 5.69 Å². The minimum absolute atomic E-state index is 0.0820. The summed E-state index contributed by atoms with van der Waals surface area (Å²) >= 11 is 5.12. The first-order valence-electron chi connectivity index (χ1n) is 10.7. The fourth-order valence-electron chi connectivity index (χ4n) is 4.23. The first-order chi connectivity index (χ1) is 16.4. The van der Waals surface area contributed by atoms with Crippen molar-refractivity contribution in [2.75, 3.05) is 4.90 Å². The number of hydrogen-bond acceptors (Lipinski definition) is 3. The topological polar surface area (TPSA) is 54.3 Å². The second-order valence-electron chi connectivity index (χ2n) is 8.46. The highest BCUT2D eigenvalue weighted by molar-refractivity contribution is 7.80. The van der Waals surface area contributed by atoms with E-state index in [-0.39, 0.29) is 16.4 Å². The fourth-order valence-corrected chi connectivity index (χ4v) is 4.51. The molecule has 0 radical (unpaired) electrons. The van der Waals surface area contributed by atoms with E-state index >= 15 is 0 Å². The molecule has 1 N–H and O–H groups in total. The van der Waals surface area contributed by atoms with Gasteiger partial charge in [-0.1, -0.05) is 23.8 Å². The van der Waals surface area contributed by atoms with Gasteiger partial charge in [0.25, 0.3) is 11.8 Å². The summed E-state index contributed by atoms with van der Waals surface area (Å²) in [6.45, 7) is 7.81. The van der Waals surface area contributed by atoms with Crippen molar-refractivity contribution < 1.29 is 22.8 Å². The highest BCUT2D eigenvalue weighted by Crippen LogP contribution is 2.33. The van der Waals surface area contributed by atoms with E-state index in [2.05, 4.69) is 11.4 Å². The lowest BCUT2D eigenvalue weighted by molar-refractivity contribution is -0.137. The molecule has 180 valence electrons. The van der Waals surface area contributed by atoms with Crippen LogP contribution >= 0.6 is 12.2 Å². The Hall–Kier alpha value is -3.72. The van der Waals surface area contributed by atoms with Gasteiger partial charge in [0, 0.05) is 17.1 Å². The molecule has 0 spiro atoms. The number of aromatic nitrogens is 1. The Bertz CT molecular complexity index is 1420. The number of thiocarbonyl (C=S) groups is 1. The maximum absolute atomic E-state index is 13.3. The predicted octanol–water partition coefficient (Wildman–Crippen LogP) is 5.56. The van der Waals surface area contributed by atoms with Gasteiger partial charge in [0.2, 0.25) is 0 Å². The Morgan fingerprint density at radius 2 is 1.69 bits per heavy atom. The van der Waals surface area contributed by atoms with Crippen molar-refractivity contribution in [2.24, 2.45) is 0 Å². The zero-order valence-corrected chi connectivity index (χ0v) is 20.3. The molecule has 2 aromatic carbocycles. The normalized spacial score (nSPS) is 15.7. The van der Waals surface area contributed by atoms with Crippen molar-refractivity contribution in [3.63, 3.8) is 0 Å². The first kappa shape index (κ1) is 24.4. The predicted molar refractivity (Wildman–Crippen MR) is 132 cm³/mol. The third kappa shape index (κ3) is 4.51. The molecule has 1 aromatic heterocycles. The molecule has 35 heavy (non-hydrogen) atoms. The molecule has 0 aliphatic carbocycles. The van der Waals surface area contributed by atoms with E-state index in [4.69, 9.17) is 12.2 Å². The smallest absolute Gasteiger partial charge is 0.318 e. The summed E-state index contributed by atoms with van der Waals surface area (Å²) in [5.74, 6) is -1.51. The highest BCUT2D eigenvalue weighted by atomic mass is 32.1. The molecule has 1 aliphatic heterocycles. The summed E-state index contributed by atoms with van der Waals surface area (Å²) in [5, 5.41) is 2.14. The van der Waals surface area contributed by atoms with Gasteiger partial charge in [-0.15, -0.1) is 0 Å². The second kappa shape index (κ2) is 8.81. The van der Waals surface area contributed by atoms with Crippen LogP contribution in [-0.4, -0.2) is 21.5 Å². The van der Waals surface area contributed by atoms with Crippen LogP contribution < -0.4 is 10.2 Å². The lowest BCUT2D eigenvalue weighted by Gasteiger charge is -2.29. The lowest BCUT2D eigenvalue weighted by Crippen LogP contribution is -2.54. The van der Waals surface area contributed by atoms with Crippen LogP contribution in [0.3, 0.4) is 0 Å². The molecule has 0 saturated carbocycles. The molecule has 2 amide bonds. The molecule has 1 aliphatic rings. The molecule has 0 atom stereocenters. The number of benzene rings is 2. The van der Waals surface area contributed by atoms with E-state index in [0.29, 0.717) is 5.56 Å². The Balaban J connectivity index is 1.77. The summed E-state index contributed by atoms with van der Waals surface area (Å²) in [6.07, 6.45) is -3.15. The molecule has 4 rings (SSSR count). The van der Waals surface area contributed by atoms with Gasteiger partial charge in [0.15, 0.2) is 5.11 Å². The summed E-state index contributed by atoms with van der Waals surface area (Å²) in [4.78, 5) is 26.9. The Morgan fingerprint density at radius 1 is 0.971 bits per heavy atom. The van der Waals surface area contributed by atoms with Gasteiger partial charge in [-0.2, -0.15) is 13.2 Å². The number of alkyl halides is 3. The molecular weight excluding hydrogens is 475 g/mol. The summed E-state index contributed by atoms with van der Waals surface area (Å²) in [7, 11) is 0. The largest absolute Gasteiger partial charge is 0.416 e. The van der Waals surface area contributed by atoms with E-state index in [0.717, 1.165) is 45.2 Å². The van der Waals surface area contributed by atoms with Crippen LogP contribution in [0.15, 0.2) is 54.1 Å². The molecule has 0 bridgehead atoms. The number of carbonyl (C=O) groups excluding carboxylic acids is 2. The van der Waals surface area contributed by atoms with Gasteiger partial charge in [-0.25, -0.2) is 0 Å². The number of nitrogens with zero attached hydrogens (tertiary/aromatic N) is 2. The quantitative estimate of drug-likeness (QED) is 0.293. The van der Waals surface area contributed by atoms with Crippen LogP contribution in [0.1, 0.15) is 33.6 Å². The van der Waals surface area contributed by atoms with Gasteiger partial charge in [-0.3, -0.25) is 19.8 Å². The van der Waals surface area contributed by atoms with Gasteiger partial charge in [0.05, 0.1) is 11.3 Å². The standard InChI is InChI=1S/C26H22F3N3O2S/c1-14-8-9-22(15(2)10-14)31-16(3)11-18(17(31)4)12-21-23(33)30-25(35)32(24(21)34)20-7-5-6-19(13-20)26(27,28)29/h5-13H,1-4H3,(H,30,33,35)/b21-12+. The number of anilines is 1. The van der Waals surface area contributed by atoms with Crippen LogP contribution in [0.2, 0.25) is 0 Å². The van der Waals surface area contributed by atoms with Crippen LogP contribution in [0, 0.1) is 27.7 Å². The van der Waals surface area contributed by atoms with Crippen molar-refractivity contribution in [1.82, 2.24) is 9.88 Å². The molecule has 3 aromatic rings. The zero-order valence-electron chi connectivity index (χ0n) is 19.4. The van der Waals surface area contributed by atoms with Crippen molar-refractivity contribution in [3.05, 3.63) is 87.7 Å². The van der Waals surface area contributed by atoms with Crippen LogP contribution in [0.5, 0.6) is 0 Å². The Labute approximate surface area is 205 Å². The number of nitrogens with one attached hydrogen (secondary N) is 1. The maximum Gasteiger partial charge on any atom is 0.416 e. The lowest BCUT2D eigenvalue weighted by atomic mass is 10.1. The van der Waals surface area contributed by atoms with E-state index in [9.17, 15) is 22.8 Å². The van der Waals surface area contributed by atoms with Gasteiger partial charge in [-0.05, 0) is 87.4 Å². The second-order valence-corrected chi connectivity index (χ2v) is 8.84. The fraction of sp³-hybridized carbons (Fsp3) is 0.192. The van der Waals surface area contributed by atoms with Crippen LogP contribution in [0.4, 0.5) is 18.9 Å². The van der Waals surface area contributed by atoms with Crippen LogP contribution in [-0.2, 0) is 15.8 Å².